The zero-order chi connectivity index (χ0) is 14.8. The molecule has 0 aliphatic heterocycles. The normalized spacial score (nSPS) is 10.9. The molecular weight excluding hydrogens is 286 g/mol. The summed E-state index contributed by atoms with van der Waals surface area (Å²) in [6.07, 6.45) is 4.93. The largest absolute Gasteiger partial charge is 0.382 e. The molecule has 0 aliphatic rings. The number of anilines is 1. The summed E-state index contributed by atoms with van der Waals surface area (Å²) >= 11 is 1.64. The molecule has 0 amide bonds. The number of hydrogen-bond donors (Lipinski definition) is 1. The van der Waals surface area contributed by atoms with E-state index in [0.717, 1.165) is 4.90 Å². The minimum atomic E-state index is -0.000799. The number of nitrogens with two attached hydrogens (primary N) is 1. The predicted molar refractivity (Wildman–Crippen MR) is 82.3 cm³/mol. The number of benzene rings is 1. The van der Waals surface area contributed by atoms with Crippen LogP contribution in [-0.4, -0.2) is 31.6 Å². The van der Waals surface area contributed by atoms with Crippen LogP contribution >= 0.6 is 11.8 Å². The van der Waals surface area contributed by atoms with Crippen molar-refractivity contribution < 1.29 is 4.79 Å². The Morgan fingerprint density at radius 1 is 1.24 bits per heavy atom. The number of nitrogen functional groups attached to an aromatic ring is 1. The molecule has 0 bridgehead atoms. The van der Waals surface area contributed by atoms with Gasteiger partial charge in [-0.25, -0.2) is 15.0 Å². The van der Waals surface area contributed by atoms with Crippen LogP contribution in [0.3, 0.4) is 0 Å². The first-order valence-corrected chi connectivity index (χ1v) is 7.50. The van der Waals surface area contributed by atoms with Crippen molar-refractivity contribution in [2.75, 3.05) is 12.0 Å². The first-order chi connectivity index (χ1) is 10.2. The minimum absolute atomic E-state index is 0.000799. The van der Waals surface area contributed by atoms with E-state index >= 15 is 0 Å². The van der Waals surface area contributed by atoms with Crippen LogP contribution in [0, 0.1) is 0 Å². The van der Waals surface area contributed by atoms with Crippen molar-refractivity contribution in [3.05, 3.63) is 42.5 Å². The number of carbonyl (C=O) groups is 1. The molecule has 2 aromatic heterocycles. The Bertz CT molecular complexity index is 797. The van der Waals surface area contributed by atoms with Crippen molar-refractivity contribution in [2.24, 2.45) is 0 Å². The number of fused-ring (bicyclic) bond motifs is 1. The van der Waals surface area contributed by atoms with Crippen LogP contribution in [-0.2, 0) is 6.54 Å². The summed E-state index contributed by atoms with van der Waals surface area (Å²) in [5, 5.41) is 0. The van der Waals surface area contributed by atoms with E-state index in [9.17, 15) is 4.79 Å². The topological polar surface area (TPSA) is 86.7 Å². The third-order valence-electron chi connectivity index (χ3n) is 3.16. The Labute approximate surface area is 125 Å². The van der Waals surface area contributed by atoms with Crippen LogP contribution < -0.4 is 5.73 Å². The van der Waals surface area contributed by atoms with Crippen LogP contribution in [0.15, 0.2) is 41.8 Å². The van der Waals surface area contributed by atoms with E-state index < -0.39 is 0 Å². The second kappa shape index (κ2) is 5.53. The molecule has 106 valence electrons. The number of rotatable bonds is 4. The summed E-state index contributed by atoms with van der Waals surface area (Å²) < 4.78 is 1.68. The van der Waals surface area contributed by atoms with E-state index in [-0.39, 0.29) is 12.3 Å². The van der Waals surface area contributed by atoms with Crippen LogP contribution in [0.4, 0.5) is 5.82 Å². The summed E-state index contributed by atoms with van der Waals surface area (Å²) in [5.74, 6) is 0.314. The molecule has 0 saturated carbocycles. The molecule has 3 aromatic rings. The van der Waals surface area contributed by atoms with Gasteiger partial charge in [0.2, 0.25) is 0 Å². The molecule has 1 aromatic carbocycles. The van der Waals surface area contributed by atoms with Crippen molar-refractivity contribution in [1.29, 1.82) is 0 Å². The maximum Gasteiger partial charge on any atom is 0.182 e. The van der Waals surface area contributed by atoms with Crippen molar-refractivity contribution >= 4 is 34.5 Å². The lowest BCUT2D eigenvalue weighted by molar-refractivity contribution is 0.0973. The summed E-state index contributed by atoms with van der Waals surface area (Å²) in [6.45, 7) is 0.172. The molecule has 0 atom stereocenters. The molecule has 0 fully saturated rings. The fourth-order valence-electron chi connectivity index (χ4n) is 2.04. The van der Waals surface area contributed by atoms with Gasteiger partial charge in [-0.15, -0.1) is 11.8 Å². The molecule has 3 rings (SSSR count). The third-order valence-corrected chi connectivity index (χ3v) is 3.90. The molecule has 21 heavy (non-hydrogen) atoms. The highest BCUT2D eigenvalue weighted by Gasteiger charge is 2.12. The van der Waals surface area contributed by atoms with Gasteiger partial charge in [0.05, 0.1) is 12.9 Å². The Morgan fingerprint density at radius 3 is 2.71 bits per heavy atom. The average Bonchev–Trinajstić information content (AvgIpc) is 2.92. The Hall–Kier alpha value is -2.41. The van der Waals surface area contributed by atoms with Gasteiger partial charge in [-0.05, 0) is 18.4 Å². The quantitative estimate of drug-likeness (QED) is 0.586. The molecule has 6 nitrogen and oxygen atoms in total. The highest BCUT2D eigenvalue weighted by Crippen LogP contribution is 2.17. The number of imidazole rings is 1. The first kappa shape index (κ1) is 13.6. The maximum absolute atomic E-state index is 12.3. The predicted octanol–water partition coefficient (Wildman–Crippen LogP) is 2.01. The van der Waals surface area contributed by atoms with Gasteiger partial charge in [-0.1, -0.05) is 12.1 Å². The smallest absolute Gasteiger partial charge is 0.182 e. The molecule has 0 aliphatic carbocycles. The molecule has 0 spiro atoms. The summed E-state index contributed by atoms with van der Waals surface area (Å²) in [5.41, 5.74) is 7.48. The van der Waals surface area contributed by atoms with Crippen LogP contribution in [0.25, 0.3) is 11.2 Å². The monoisotopic (exact) mass is 299 g/mol. The van der Waals surface area contributed by atoms with Gasteiger partial charge >= 0.3 is 0 Å². The van der Waals surface area contributed by atoms with Crippen LogP contribution in [0.2, 0.25) is 0 Å². The van der Waals surface area contributed by atoms with E-state index in [4.69, 9.17) is 5.73 Å². The highest BCUT2D eigenvalue weighted by molar-refractivity contribution is 7.98. The van der Waals surface area contributed by atoms with Gasteiger partial charge in [-0.2, -0.15) is 0 Å². The summed E-state index contributed by atoms with van der Waals surface area (Å²) in [4.78, 5) is 25.6. The SMILES string of the molecule is CSc1ccc(C(=O)Cn2cnc3c(N)ncnc32)cc1. The van der Waals surface area contributed by atoms with Crippen molar-refractivity contribution in [3.63, 3.8) is 0 Å². The van der Waals surface area contributed by atoms with Crippen molar-refractivity contribution in [3.8, 4) is 0 Å². The van der Waals surface area contributed by atoms with Gasteiger partial charge in [0, 0.05) is 10.5 Å². The highest BCUT2D eigenvalue weighted by atomic mass is 32.2. The fourth-order valence-corrected chi connectivity index (χ4v) is 2.45. The number of aromatic nitrogens is 4. The lowest BCUT2D eigenvalue weighted by Gasteiger charge is -2.04. The maximum atomic E-state index is 12.3. The molecular formula is C14H13N5OS. The summed E-state index contributed by atoms with van der Waals surface area (Å²) in [7, 11) is 0. The van der Waals surface area contributed by atoms with Gasteiger partial charge < -0.3 is 10.3 Å². The molecule has 2 N–H and O–H groups in total. The lowest BCUT2D eigenvalue weighted by Crippen LogP contribution is -2.10. The zero-order valence-corrected chi connectivity index (χ0v) is 12.2. The standard InChI is InChI=1S/C14H13N5OS/c1-21-10-4-2-9(3-5-10)11(20)6-19-8-18-12-13(15)16-7-17-14(12)19/h2-5,7-8H,6H2,1H3,(H2,15,16,17). The lowest BCUT2D eigenvalue weighted by atomic mass is 10.1. The number of nitrogens with zero attached hydrogens (tertiary/aromatic N) is 4. The van der Waals surface area contributed by atoms with Gasteiger partial charge in [-0.3, -0.25) is 4.79 Å². The summed E-state index contributed by atoms with van der Waals surface area (Å²) in [6, 6.07) is 7.53. The first-order valence-electron chi connectivity index (χ1n) is 6.27. The van der Waals surface area contributed by atoms with E-state index in [1.165, 1.54) is 6.33 Å². The third kappa shape index (κ3) is 2.59. The van der Waals surface area contributed by atoms with E-state index in [0.29, 0.717) is 22.5 Å². The molecule has 7 heteroatoms. The number of Topliss-reactive ketones (excluding diaryl/α,β-unsaturated/α-hetero) is 1. The van der Waals surface area contributed by atoms with Crippen LogP contribution in [0.5, 0.6) is 0 Å². The van der Waals surface area contributed by atoms with Gasteiger partial charge in [0.1, 0.15) is 11.8 Å². The average molecular weight is 299 g/mol. The van der Waals surface area contributed by atoms with E-state index in [1.807, 2.05) is 30.5 Å². The fraction of sp³-hybridized carbons (Fsp3) is 0.143. The Morgan fingerprint density at radius 2 is 2.00 bits per heavy atom. The molecule has 0 radical (unpaired) electrons. The second-order valence-electron chi connectivity index (χ2n) is 4.46. The zero-order valence-electron chi connectivity index (χ0n) is 11.4. The minimum Gasteiger partial charge on any atom is -0.382 e. The van der Waals surface area contributed by atoms with Gasteiger partial charge in [0.15, 0.2) is 17.2 Å². The molecule has 0 unspecified atom stereocenters. The number of ketones is 1. The second-order valence-corrected chi connectivity index (χ2v) is 5.33. The van der Waals surface area contributed by atoms with Crippen LogP contribution in [0.1, 0.15) is 10.4 Å². The number of hydrogen-bond acceptors (Lipinski definition) is 6. The molecule has 0 saturated heterocycles. The Kier molecular flexibility index (Phi) is 3.57. The van der Waals surface area contributed by atoms with Crippen molar-refractivity contribution in [2.45, 2.75) is 11.4 Å². The number of carbonyl (C=O) groups excluding carboxylic acids is 1. The Balaban J connectivity index is 1.87. The van der Waals surface area contributed by atoms with E-state index in [2.05, 4.69) is 15.0 Å². The molecule has 2 heterocycles. The van der Waals surface area contributed by atoms with Gasteiger partial charge in [0.25, 0.3) is 0 Å². The van der Waals surface area contributed by atoms with E-state index in [1.54, 1.807) is 22.7 Å². The van der Waals surface area contributed by atoms with Crippen molar-refractivity contribution in [1.82, 2.24) is 19.5 Å². The number of thioether (sulfide) groups is 1.